The number of anilines is 2. The van der Waals surface area contributed by atoms with Crippen molar-refractivity contribution in [3.8, 4) is 5.75 Å². The highest BCUT2D eigenvalue weighted by atomic mass is 16.5. The van der Waals surface area contributed by atoms with Crippen molar-refractivity contribution in [2.45, 2.75) is 33.8 Å². The smallest absolute Gasteiger partial charge is 0.265 e. The van der Waals surface area contributed by atoms with Crippen molar-refractivity contribution < 1.29 is 14.3 Å². The second kappa shape index (κ2) is 7.64. The van der Waals surface area contributed by atoms with E-state index in [1.807, 2.05) is 32.0 Å². The summed E-state index contributed by atoms with van der Waals surface area (Å²) in [7, 11) is 0. The first-order chi connectivity index (χ1) is 11.3. The molecule has 0 aliphatic carbocycles. The van der Waals surface area contributed by atoms with E-state index in [1.54, 1.807) is 31.2 Å². The fraction of sp³-hybridized carbons (Fsp3) is 0.263. The standard InChI is InChI=1S/C19H22N2O3/c1-12-5-6-13(2)18(11-12)24-14(3)19(23)21-17-9-7-16(8-10-17)20-15(4)22/h5-11,14H,1-4H3,(H,20,22)(H,21,23)/t14-/m1/s1. The zero-order valence-corrected chi connectivity index (χ0v) is 14.3. The predicted octanol–water partition coefficient (Wildman–Crippen LogP) is 3.67. The molecule has 2 aromatic rings. The molecule has 126 valence electrons. The Morgan fingerprint density at radius 2 is 1.54 bits per heavy atom. The minimum Gasteiger partial charge on any atom is -0.481 e. The maximum Gasteiger partial charge on any atom is 0.265 e. The van der Waals surface area contributed by atoms with Crippen LogP contribution in [-0.4, -0.2) is 17.9 Å². The molecule has 0 fully saturated rings. The Labute approximate surface area is 142 Å². The molecule has 5 heteroatoms. The highest BCUT2D eigenvalue weighted by molar-refractivity contribution is 5.94. The van der Waals surface area contributed by atoms with Gasteiger partial charge in [-0.3, -0.25) is 9.59 Å². The van der Waals surface area contributed by atoms with E-state index >= 15 is 0 Å². The van der Waals surface area contributed by atoms with E-state index in [9.17, 15) is 9.59 Å². The fourth-order valence-corrected chi connectivity index (χ4v) is 2.16. The molecule has 0 aliphatic rings. The van der Waals surface area contributed by atoms with Crippen LogP contribution < -0.4 is 15.4 Å². The van der Waals surface area contributed by atoms with Gasteiger partial charge in [0.1, 0.15) is 5.75 Å². The Morgan fingerprint density at radius 3 is 2.12 bits per heavy atom. The Balaban J connectivity index is 1.98. The third kappa shape index (κ3) is 4.84. The minimum atomic E-state index is -0.625. The maximum absolute atomic E-state index is 12.3. The number of carbonyl (C=O) groups is 2. The number of aryl methyl sites for hydroxylation is 2. The van der Waals surface area contributed by atoms with Gasteiger partial charge < -0.3 is 15.4 Å². The van der Waals surface area contributed by atoms with E-state index < -0.39 is 6.10 Å². The normalized spacial score (nSPS) is 11.5. The lowest BCUT2D eigenvalue weighted by atomic mass is 10.1. The lowest BCUT2D eigenvalue weighted by Gasteiger charge is -2.17. The van der Waals surface area contributed by atoms with Crippen molar-refractivity contribution in [1.29, 1.82) is 0 Å². The molecule has 0 aromatic heterocycles. The van der Waals surface area contributed by atoms with Gasteiger partial charge in [-0.2, -0.15) is 0 Å². The van der Waals surface area contributed by atoms with Crippen LogP contribution in [0.5, 0.6) is 5.75 Å². The lowest BCUT2D eigenvalue weighted by molar-refractivity contribution is -0.122. The number of amides is 2. The van der Waals surface area contributed by atoms with Gasteiger partial charge in [-0.1, -0.05) is 12.1 Å². The summed E-state index contributed by atoms with van der Waals surface area (Å²) in [5.41, 5.74) is 3.39. The van der Waals surface area contributed by atoms with Crippen LogP contribution in [0.1, 0.15) is 25.0 Å². The average Bonchev–Trinajstić information content (AvgIpc) is 2.52. The summed E-state index contributed by atoms with van der Waals surface area (Å²) in [5.74, 6) is 0.337. The molecule has 0 radical (unpaired) electrons. The maximum atomic E-state index is 12.3. The van der Waals surface area contributed by atoms with Crippen LogP contribution in [0.15, 0.2) is 42.5 Å². The topological polar surface area (TPSA) is 67.4 Å². The van der Waals surface area contributed by atoms with Gasteiger partial charge in [-0.05, 0) is 62.2 Å². The molecule has 1 atom stereocenters. The number of carbonyl (C=O) groups excluding carboxylic acids is 2. The molecule has 0 aliphatic heterocycles. The second-order valence-electron chi connectivity index (χ2n) is 5.78. The van der Waals surface area contributed by atoms with Gasteiger partial charge in [0.15, 0.2) is 6.10 Å². The van der Waals surface area contributed by atoms with Gasteiger partial charge in [0, 0.05) is 18.3 Å². The van der Waals surface area contributed by atoms with Crippen molar-refractivity contribution in [2.75, 3.05) is 10.6 Å². The molecule has 0 saturated carbocycles. The molecular weight excluding hydrogens is 304 g/mol. The number of rotatable bonds is 5. The minimum absolute atomic E-state index is 0.137. The van der Waals surface area contributed by atoms with Crippen LogP contribution in [0, 0.1) is 13.8 Å². The molecule has 2 N–H and O–H groups in total. The summed E-state index contributed by atoms with van der Waals surface area (Å²) in [4.78, 5) is 23.3. The third-order valence-electron chi connectivity index (χ3n) is 3.49. The van der Waals surface area contributed by atoms with E-state index in [-0.39, 0.29) is 11.8 Å². The van der Waals surface area contributed by atoms with Crippen LogP contribution in [0.3, 0.4) is 0 Å². The first-order valence-corrected chi connectivity index (χ1v) is 7.77. The van der Waals surface area contributed by atoms with Gasteiger partial charge in [-0.25, -0.2) is 0 Å². The van der Waals surface area contributed by atoms with Crippen LogP contribution in [0.4, 0.5) is 11.4 Å². The highest BCUT2D eigenvalue weighted by Gasteiger charge is 2.16. The predicted molar refractivity (Wildman–Crippen MR) is 95.4 cm³/mol. The number of hydrogen-bond acceptors (Lipinski definition) is 3. The molecule has 5 nitrogen and oxygen atoms in total. The Hall–Kier alpha value is -2.82. The monoisotopic (exact) mass is 326 g/mol. The van der Waals surface area contributed by atoms with Crippen molar-refractivity contribution in [2.24, 2.45) is 0 Å². The van der Waals surface area contributed by atoms with E-state index in [1.165, 1.54) is 6.92 Å². The van der Waals surface area contributed by atoms with E-state index in [2.05, 4.69) is 10.6 Å². The molecule has 0 heterocycles. The Bertz CT molecular complexity index is 739. The summed E-state index contributed by atoms with van der Waals surface area (Å²) >= 11 is 0. The molecule has 2 aromatic carbocycles. The average molecular weight is 326 g/mol. The molecular formula is C19H22N2O3. The SMILES string of the molecule is CC(=O)Nc1ccc(NC(=O)[C@@H](C)Oc2cc(C)ccc2C)cc1. The van der Waals surface area contributed by atoms with Crippen molar-refractivity contribution in [3.05, 3.63) is 53.6 Å². The second-order valence-corrected chi connectivity index (χ2v) is 5.78. The van der Waals surface area contributed by atoms with Crippen LogP contribution in [0.2, 0.25) is 0 Å². The summed E-state index contributed by atoms with van der Waals surface area (Å²) in [5, 5.41) is 5.48. The van der Waals surface area contributed by atoms with Crippen LogP contribution >= 0.6 is 0 Å². The zero-order chi connectivity index (χ0) is 17.7. The van der Waals surface area contributed by atoms with Gasteiger partial charge in [0.05, 0.1) is 0 Å². The van der Waals surface area contributed by atoms with Crippen molar-refractivity contribution in [3.63, 3.8) is 0 Å². The van der Waals surface area contributed by atoms with Crippen LogP contribution in [0.25, 0.3) is 0 Å². The molecule has 0 unspecified atom stereocenters. The first-order valence-electron chi connectivity index (χ1n) is 7.77. The zero-order valence-electron chi connectivity index (χ0n) is 14.3. The van der Waals surface area contributed by atoms with E-state index in [4.69, 9.17) is 4.74 Å². The van der Waals surface area contributed by atoms with Crippen molar-refractivity contribution in [1.82, 2.24) is 0 Å². The Kier molecular flexibility index (Phi) is 5.58. The van der Waals surface area contributed by atoms with Gasteiger partial charge >= 0.3 is 0 Å². The van der Waals surface area contributed by atoms with Crippen LogP contribution in [-0.2, 0) is 9.59 Å². The number of nitrogens with one attached hydrogen (secondary N) is 2. The molecule has 2 rings (SSSR count). The first kappa shape index (κ1) is 17.5. The third-order valence-corrected chi connectivity index (χ3v) is 3.49. The van der Waals surface area contributed by atoms with E-state index in [0.717, 1.165) is 11.1 Å². The molecule has 24 heavy (non-hydrogen) atoms. The summed E-state index contributed by atoms with van der Waals surface area (Å²) in [6, 6.07) is 12.8. The largest absolute Gasteiger partial charge is 0.481 e. The van der Waals surface area contributed by atoms with E-state index in [0.29, 0.717) is 17.1 Å². The number of benzene rings is 2. The number of hydrogen-bond donors (Lipinski definition) is 2. The fourth-order valence-electron chi connectivity index (χ4n) is 2.16. The molecule has 2 amide bonds. The van der Waals surface area contributed by atoms with Gasteiger partial charge in [0.25, 0.3) is 5.91 Å². The highest BCUT2D eigenvalue weighted by Crippen LogP contribution is 2.21. The summed E-state index contributed by atoms with van der Waals surface area (Å²) < 4.78 is 5.77. The van der Waals surface area contributed by atoms with Gasteiger partial charge in [0.2, 0.25) is 5.91 Å². The summed E-state index contributed by atoms with van der Waals surface area (Å²) in [6.07, 6.45) is -0.625. The van der Waals surface area contributed by atoms with Gasteiger partial charge in [-0.15, -0.1) is 0 Å². The van der Waals surface area contributed by atoms with Crippen molar-refractivity contribution >= 4 is 23.2 Å². The summed E-state index contributed by atoms with van der Waals surface area (Å²) in [6.45, 7) is 7.08. The number of ether oxygens (including phenoxy) is 1. The quantitative estimate of drug-likeness (QED) is 0.881. The molecule has 0 saturated heterocycles. The molecule has 0 bridgehead atoms. The molecule has 0 spiro atoms. The Morgan fingerprint density at radius 1 is 0.958 bits per heavy atom. The lowest BCUT2D eigenvalue weighted by Crippen LogP contribution is -2.30.